The molecule has 0 unspecified atom stereocenters. The Kier molecular flexibility index (Phi) is 5.11. The van der Waals surface area contributed by atoms with E-state index in [1.54, 1.807) is 6.07 Å². The average Bonchev–Trinajstić information content (AvgIpc) is 2.48. The molecule has 6 heteroatoms. The van der Waals surface area contributed by atoms with Gasteiger partial charge in [-0.1, -0.05) is 30.3 Å². The quantitative estimate of drug-likeness (QED) is 0.395. The van der Waals surface area contributed by atoms with Crippen molar-refractivity contribution in [2.24, 2.45) is 5.10 Å². The van der Waals surface area contributed by atoms with Gasteiger partial charge in [0.25, 0.3) is 0 Å². The molecule has 0 fully saturated rings. The SMILES string of the molecule is Oc1ccc(/C=N/NC(=S)NCc2ccccc2)c(O)c1. The summed E-state index contributed by atoms with van der Waals surface area (Å²) >= 11 is 5.08. The topological polar surface area (TPSA) is 76.9 Å². The minimum atomic E-state index is -0.0521. The highest BCUT2D eigenvalue weighted by Gasteiger charge is 1.99. The molecule has 0 amide bonds. The lowest BCUT2D eigenvalue weighted by molar-refractivity contribution is 0.450. The van der Waals surface area contributed by atoms with Crippen LogP contribution in [0.15, 0.2) is 53.6 Å². The molecule has 0 radical (unpaired) electrons. The maximum atomic E-state index is 9.58. The summed E-state index contributed by atoms with van der Waals surface area (Å²) in [7, 11) is 0. The van der Waals surface area contributed by atoms with Crippen molar-refractivity contribution in [3.63, 3.8) is 0 Å². The number of benzene rings is 2. The predicted octanol–water partition coefficient (Wildman–Crippen LogP) is 2.10. The van der Waals surface area contributed by atoms with E-state index in [0.717, 1.165) is 5.56 Å². The summed E-state index contributed by atoms with van der Waals surface area (Å²) in [5.74, 6) is -0.0543. The lowest BCUT2D eigenvalue weighted by atomic mass is 10.2. The third-order valence-corrected chi connectivity index (χ3v) is 2.92. The molecule has 4 N–H and O–H groups in total. The molecule has 108 valence electrons. The third-order valence-electron chi connectivity index (χ3n) is 2.68. The summed E-state index contributed by atoms with van der Waals surface area (Å²) in [5, 5.41) is 26.1. The Morgan fingerprint density at radius 3 is 2.62 bits per heavy atom. The first-order valence-corrected chi connectivity index (χ1v) is 6.69. The Morgan fingerprint density at radius 1 is 1.14 bits per heavy atom. The molecule has 5 nitrogen and oxygen atoms in total. The molecular weight excluding hydrogens is 286 g/mol. The molecule has 2 rings (SSSR count). The zero-order valence-electron chi connectivity index (χ0n) is 11.2. The summed E-state index contributed by atoms with van der Waals surface area (Å²) in [6.07, 6.45) is 1.42. The van der Waals surface area contributed by atoms with Crippen LogP contribution >= 0.6 is 12.2 Å². The Labute approximate surface area is 127 Å². The van der Waals surface area contributed by atoms with Gasteiger partial charge in [0.1, 0.15) is 11.5 Å². The van der Waals surface area contributed by atoms with Gasteiger partial charge >= 0.3 is 0 Å². The predicted molar refractivity (Wildman–Crippen MR) is 86.4 cm³/mol. The van der Waals surface area contributed by atoms with Crippen molar-refractivity contribution >= 4 is 23.5 Å². The van der Waals surface area contributed by atoms with Crippen LogP contribution in [0.2, 0.25) is 0 Å². The molecule has 0 aliphatic carbocycles. The van der Waals surface area contributed by atoms with Crippen LogP contribution in [0.1, 0.15) is 11.1 Å². The van der Waals surface area contributed by atoms with Gasteiger partial charge in [0.15, 0.2) is 5.11 Å². The van der Waals surface area contributed by atoms with Crippen LogP contribution in [0.3, 0.4) is 0 Å². The number of phenolic OH excluding ortho intramolecular Hbond substituents is 2. The Hall–Kier alpha value is -2.60. The number of phenols is 2. The standard InChI is InChI=1S/C15H15N3O2S/c19-13-7-6-12(14(20)8-13)10-17-18-15(21)16-9-11-4-2-1-3-5-11/h1-8,10,19-20H,9H2,(H2,16,18,21)/b17-10+. The zero-order valence-corrected chi connectivity index (χ0v) is 12.0. The number of aromatic hydroxyl groups is 2. The monoisotopic (exact) mass is 301 g/mol. The van der Waals surface area contributed by atoms with Gasteiger partial charge in [-0.3, -0.25) is 5.43 Å². The van der Waals surface area contributed by atoms with E-state index in [2.05, 4.69) is 15.8 Å². The van der Waals surface area contributed by atoms with E-state index in [9.17, 15) is 10.2 Å². The molecule has 0 atom stereocenters. The van der Waals surface area contributed by atoms with Crippen molar-refractivity contribution in [1.29, 1.82) is 0 Å². The lowest BCUT2D eigenvalue weighted by Crippen LogP contribution is -2.31. The second-order valence-corrected chi connectivity index (χ2v) is 4.69. The molecule has 0 saturated carbocycles. The van der Waals surface area contributed by atoms with Crippen LogP contribution in [-0.2, 0) is 6.54 Å². The van der Waals surface area contributed by atoms with Gasteiger partial charge in [-0.15, -0.1) is 0 Å². The first-order chi connectivity index (χ1) is 10.1. The van der Waals surface area contributed by atoms with Crippen molar-refractivity contribution in [1.82, 2.24) is 10.7 Å². The Balaban J connectivity index is 1.82. The molecule has 0 aromatic heterocycles. The second-order valence-electron chi connectivity index (χ2n) is 4.28. The number of nitrogens with zero attached hydrogens (tertiary/aromatic N) is 1. The maximum absolute atomic E-state index is 9.58. The minimum Gasteiger partial charge on any atom is -0.508 e. The van der Waals surface area contributed by atoms with Gasteiger partial charge in [0.05, 0.1) is 6.21 Å². The second kappa shape index (κ2) is 7.25. The normalized spacial score (nSPS) is 10.5. The minimum absolute atomic E-state index is 0.00217. The van der Waals surface area contributed by atoms with E-state index < -0.39 is 0 Å². The number of thiocarbonyl (C=S) groups is 1. The number of hydrogen-bond acceptors (Lipinski definition) is 4. The highest BCUT2D eigenvalue weighted by Crippen LogP contribution is 2.20. The van der Waals surface area contributed by atoms with Crippen molar-refractivity contribution in [2.75, 3.05) is 0 Å². The summed E-state index contributed by atoms with van der Waals surface area (Å²) in [6, 6.07) is 14.1. The molecule has 0 aliphatic rings. The summed E-state index contributed by atoms with van der Waals surface area (Å²) in [4.78, 5) is 0. The molecule has 0 bridgehead atoms. The highest BCUT2D eigenvalue weighted by molar-refractivity contribution is 7.80. The van der Waals surface area contributed by atoms with E-state index in [0.29, 0.717) is 17.2 Å². The smallest absolute Gasteiger partial charge is 0.187 e. The fourth-order valence-electron chi connectivity index (χ4n) is 1.62. The number of nitrogens with one attached hydrogen (secondary N) is 2. The van der Waals surface area contributed by atoms with Crippen molar-refractivity contribution < 1.29 is 10.2 Å². The molecular formula is C15H15N3O2S. The first kappa shape index (κ1) is 14.8. The van der Waals surface area contributed by atoms with Gasteiger partial charge < -0.3 is 15.5 Å². The first-order valence-electron chi connectivity index (χ1n) is 6.28. The van der Waals surface area contributed by atoms with Gasteiger partial charge in [0, 0.05) is 18.2 Å². The number of hydrogen-bond donors (Lipinski definition) is 4. The molecule has 2 aromatic carbocycles. The highest BCUT2D eigenvalue weighted by atomic mass is 32.1. The largest absolute Gasteiger partial charge is 0.508 e. The van der Waals surface area contributed by atoms with Crippen LogP contribution in [0.25, 0.3) is 0 Å². The fraction of sp³-hybridized carbons (Fsp3) is 0.0667. The van der Waals surface area contributed by atoms with Gasteiger partial charge in [-0.2, -0.15) is 5.10 Å². The van der Waals surface area contributed by atoms with Crippen LogP contribution in [0, 0.1) is 0 Å². The van der Waals surface area contributed by atoms with Crippen LogP contribution in [0.5, 0.6) is 11.5 Å². The van der Waals surface area contributed by atoms with E-state index in [1.165, 1.54) is 18.3 Å². The number of rotatable bonds is 4. The zero-order chi connectivity index (χ0) is 15.1. The average molecular weight is 301 g/mol. The molecule has 0 spiro atoms. The van der Waals surface area contributed by atoms with Crippen LogP contribution in [0.4, 0.5) is 0 Å². The third kappa shape index (κ3) is 4.77. The molecule has 21 heavy (non-hydrogen) atoms. The van der Waals surface area contributed by atoms with Crippen LogP contribution in [-0.4, -0.2) is 21.5 Å². The van der Waals surface area contributed by atoms with Gasteiger partial charge in [0.2, 0.25) is 0 Å². The van der Waals surface area contributed by atoms with E-state index in [4.69, 9.17) is 12.2 Å². The summed E-state index contributed by atoms with van der Waals surface area (Å²) in [6.45, 7) is 0.604. The van der Waals surface area contributed by atoms with E-state index in [1.807, 2.05) is 30.3 Å². The van der Waals surface area contributed by atoms with Crippen molar-refractivity contribution in [3.8, 4) is 11.5 Å². The Bertz CT molecular complexity index is 645. The van der Waals surface area contributed by atoms with Crippen molar-refractivity contribution in [3.05, 3.63) is 59.7 Å². The molecule has 0 aliphatic heterocycles. The van der Waals surface area contributed by atoms with E-state index >= 15 is 0 Å². The fourth-order valence-corrected chi connectivity index (χ4v) is 1.74. The lowest BCUT2D eigenvalue weighted by Gasteiger charge is -2.06. The maximum Gasteiger partial charge on any atom is 0.187 e. The summed E-state index contributed by atoms with van der Waals surface area (Å²) in [5.41, 5.74) is 4.25. The van der Waals surface area contributed by atoms with Crippen molar-refractivity contribution in [2.45, 2.75) is 6.54 Å². The van der Waals surface area contributed by atoms with Gasteiger partial charge in [-0.25, -0.2) is 0 Å². The molecule has 2 aromatic rings. The molecule has 0 saturated heterocycles. The molecule has 0 heterocycles. The summed E-state index contributed by atoms with van der Waals surface area (Å²) < 4.78 is 0. The Morgan fingerprint density at radius 2 is 1.90 bits per heavy atom. The van der Waals surface area contributed by atoms with Gasteiger partial charge in [-0.05, 0) is 29.9 Å². The van der Waals surface area contributed by atoms with E-state index in [-0.39, 0.29) is 11.5 Å². The number of hydrazone groups is 1. The van der Waals surface area contributed by atoms with Crippen LogP contribution < -0.4 is 10.7 Å².